The zero-order valence-electron chi connectivity index (χ0n) is 10.6. The summed E-state index contributed by atoms with van der Waals surface area (Å²) in [4.78, 5) is 4.23. The molecule has 0 aliphatic heterocycles. The molecule has 0 radical (unpaired) electrons. The van der Waals surface area contributed by atoms with Crippen LogP contribution < -0.4 is 15.4 Å². The van der Waals surface area contributed by atoms with Gasteiger partial charge < -0.3 is 15.4 Å². The van der Waals surface area contributed by atoms with E-state index < -0.39 is 0 Å². The van der Waals surface area contributed by atoms with Gasteiger partial charge in [0.1, 0.15) is 11.6 Å². The Morgan fingerprint density at radius 2 is 2.00 bits per heavy atom. The van der Waals surface area contributed by atoms with Gasteiger partial charge in [0, 0.05) is 36.2 Å². The topological polar surface area (TPSA) is 46.2 Å². The predicted octanol–water partition coefficient (Wildman–Crippen LogP) is 3.27. The highest BCUT2D eigenvalue weighted by Crippen LogP contribution is 2.22. The number of ether oxygens (including phenoxy) is 1. The van der Waals surface area contributed by atoms with Gasteiger partial charge in [0.15, 0.2) is 0 Å². The molecule has 18 heavy (non-hydrogen) atoms. The molecule has 0 fully saturated rings. The van der Waals surface area contributed by atoms with Crippen molar-refractivity contribution in [3.05, 3.63) is 42.6 Å². The molecule has 0 saturated carbocycles. The maximum atomic E-state index is 5.19. The van der Waals surface area contributed by atoms with Crippen LogP contribution in [0.2, 0.25) is 0 Å². The summed E-state index contributed by atoms with van der Waals surface area (Å²) in [6.07, 6.45) is 1.78. The summed E-state index contributed by atoms with van der Waals surface area (Å²) in [6.45, 7) is 2.90. The molecule has 0 atom stereocenters. The molecule has 94 valence electrons. The summed E-state index contributed by atoms with van der Waals surface area (Å²) in [5.41, 5.74) is 1.98. The molecule has 4 nitrogen and oxygen atoms in total. The Bertz CT molecular complexity index is 514. The fourth-order valence-electron chi connectivity index (χ4n) is 1.65. The number of hydrogen-bond acceptors (Lipinski definition) is 4. The van der Waals surface area contributed by atoms with Crippen molar-refractivity contribution in [3.8, 4) is 5.75 Å². The van der Waals surface area contributed by atoms with Crippen LogP contribution in [-0.2, 0) is 0 Å². The molecule has 2 N–H and O–H groups in total. The first-order valence-electron chi connectivity index (χ1n) is 5.93. The Kier molecular flexibility index (Phi) is 4.02. The van der Waals surface area contributed by atoms with Gasteiger partial charge in [-0.2, -0.15) is 0 Å². The number of aromatic nitrogens is 1. The molecule has 0 spiro atoms. The molecular weight excluding hydrogens is 226 g/mol. The van der Waals surface area contributed by atoms with Gasteiger partial charge in [-0.05, 0) is 25.1 Å². The van der Waals surface area contributed by atoms with Crippen molar-refractivity contribution in [3.63, 3.8) is 0 Å². The third kappa shape index (κ3) is 3.13. The largest absolute Gasteiger partial charge is 0.497 e. The summed E-state index contributed by atoms with van der Waals surface area (Å²) >= 11 is 0. The van der Waals surface area contributed by atoms with Crippen LogP contribution in [0.25, 0.3) is 0 Å². The number of pyridine rings is 1. The smallest absolute Gasteiger partial charge is 0.127 e. The second-order valence-electron chi connectivity index (χ2n) is 3.82. The minimum Gasteiger partial charge on any atom is -0.497 e. The van der Waals surface area contributed by atoms with Gasteiger partial charge in [0.2, 0.25) is 0 Å². The Balaban J connectivity index is 2.14. The van der Waals surface area contributed by atoms with E-state index >= 15 is 0 Å². The molecule has 2 aromatic rings. The number of anilines is 3. The normalized spacial score (nSPS) is 9.89. The van der Waals surface area contributed by atoms with Crippen LogP contribution >= 0.6 is 0 Å². The van der Waals surface area contributed by atoms with Crippen molar-refractivity contribution >= 4 is 17.2 Å². The first-order chi connectivity index (χ1) is 8.81. The Labute approximate surface area is 107 Å². The van der Waals surface area contributed by atoms with Crippen LogP contribution in [0.1, 0.15) is 6.92 Å². The van der Waals surface area contributed by atoms with E-state index in [9.17, 15) is 0 Å². The van der Waals surface area contributed by atoms with Crippen LogP contribution in [-0.4, -0.2) is 18.6 Å². The van der Waals surface area contributed by atoms with Gasteiger partial charge >= 0.3 is 0 Å². The van der Waals surface area contributed by atoms with Gasteiger partial charge in [-0.25, -0.2) is 4.98 Å². The van der Waals surface area contributed by atoms with Crippen LogP contribution in [0.3, 0.4) is 0 Å². The number of nitrogens with one attached hydrogen (secondary N) is 2. The summed E-state index contributed by atoms with van der Waals surface area (Å²) in [5.74, 6) is 1.70. The minimum absolute atomic E-state index is 0.834. The molecule has 1 aromatic heterocycles. The highest BCUT2D eigenvalue weighted by molar-refractivity contribution is 5.63. The molecule has 0 unspecified atom stereocenters. The van der Waals surface area contributed by atoms with Gasteiger partial charge in [0.25, 0.3) is 0 Å². The van der Waals surface area contributed by atoms with Crippen LogP contribution in [0, 0.1) is 0 Å². The van der Waals surface area contributed by atoms with E-state index in [2.05, 4.69) is 15.6 Å². The zero-order valence-corrected chi connectivity index (χ0v) is 10.6. The number of benzene rings is 1. The number of nitrogens with zero attached hydrogens (tertiary/aromatic N) is 1. The van der Waals surface area contributed by atoms with Crippen molar-refractivity contribution in [2.75, 3.05) is 24.3 Å². The molecule has 2 rings (SSSR count). The van der Waals surface area contributed by atoms with Gasteiger partial charge in [-0.15, -0.1) is 0 Å². The summed E-state index contributed by atoms with van der Waals surface area (Å²) in [5, 5.41) is 6.50. The SMILES string of the molecule is CCNc1cc(Nc2cccc(OC)c2)ccn1. The lowest BCUT2D eigenvalue weighted by Crippen LogP contribution is -1.99. The highest BCUT2D eigenvalue weighted by Gasteiger charge is 1.98. The minimum atomic E-state index is 0.834. The fraction of sp³-hybridized carbons (Fsp3) is 0.214. The third-order valence-electron chi connectivity index (χ3n) is 2.48. The van der Waals surface area contributed by atoms with E-state index in [1.54, 1.807) is 13.3 Å². The Morgan fingerprint density at radius 3 is 2.78 bits per heavy atom. The molecule has 0 aliphatic carbocycles. The molecular formula is C14H17N3O. The van der Waals surface area contributed by atoms with Gasteiger partial charge in [0.05, 0.1) is 7.11 Å². The number of hydrogen-bond donors (Lipinski definition) is 2. The molecule has 1 aromatic carbocycles. The van der Waals surface area contributed by atoms with E-state index in [4.69, 9.17) is 4.74 Å². The average Bonchev–Trinajstić information content (AvgIpc) is 2.40. The fourth-order valence-corrected chi connectivity index (χ4v) is 1.65. The van der Waals surface area contributed by atoms with Crippen LogP contribution in [0.4, 0.5) is 17.2 Å². The van der Waals surface area contributed by atoms with Crippen molar-refractivity contribution in [2.45, 2.75) is 6.92 Å². The Hall–Kier alpha value is -2.23. The summed E-state index contributed by atoms with van der Waals surface area (Å²) in [6, 6.07) is 11.7. The average molecular weight is 243 g/mol. The van der Waals surface area contributed by atoms with Gasteiger partial charge in [-0.3, -0.25) is 0 Å². The van der Waals surface area contributed by atoms with Crippen molar-refractivity contribution in [1.29, 1.82) is 0 Å². The lowest BCUT2D eigenvalue weighted by atomic mass is 10.3. The maximum absolute atomic E-state index is 5.19. The second kappa shape index (κ2) is 5.91. The zero-order chi connectivity index (χ0) is 12.8. The lowest BCUT2D eigenvalue weighted by Gasteiger charge is -2.09. The molecule has 0 saturated heterocycles. The third-order valence-corrected chi connectivity index (χ3v) is 2.48. The van der Waals surface area contributed by atoms with E-state index in [0.29, 0.717) is 0 Å². The highest BCUT2D eigenvalue weighted by atomic mass is 16.5. The van der Waals surface area contributed by atoms with E-state index in [1.165, 1.54) is 0 Å². The Morgan fingerprint density at radius 1 is 1.17 bits per heavy atom. The number of rotatable bonds is 5. The molecule has 0 bridgehead atoms. The summed E-state index contributed by atoms with van der Waals surface area (Å²) < 4.78 is 5.19. The van der Waals surface area contributed by atoms with Crippen LogP contribution in [0.15, 0.2) is 42.6 Å². The maximum Gasteiger partial charge on any atom is 0.127 e. The van der Waals surface area contributed by atoms with Crippen molar-refractivity contribution in [1.82, 2.24) is 4.98 Å². The van der Waals surface area contributed by atoms with E-state index in [-0.39, 0.29) is 0 Å². The van der Waals surface area contributed by atoms with Crippen molar-refractivity contribution < 1.29 is 4.74 Å². The van der Waals surface area contributed by atoms with E-state index in [0.717, 1.165) is 29.5 Å². The quantitative estimate of drug-likeness (QED) is 0.846. The molecule has 0 amide bonds. The first kappa shape index (κ1) is 12.2. The predicted molar refractivity (Wildman–Crippen MR) is 74.7 cm³/mol. The number of methoxy groups -OCH3 is 1. The van der Waals surface area contributed by atoms with Gasteiger partial charge in [-0.1, -0.05) is 6.07 Å². The first-order valence-corrected chi connectivity index (χ1v) is 5.93. The van der Waals surface area contributed by atoms with E-state index in [1.807, 2.05) is 43.3 Å². The molecule has 1 heterocycles. The summed E-state index contributed by atoms with van der Waals surface area (Å²) in [7, 11) is 1.66. The molecule has 4 heteroatoms. The van der Waals surface area contributed by atoms with Crippen LogP contribution in [0.5, 0.6) is 5.75 Å². The lowest BCUT2D eigenvalue weighted by molar-refractivity contribution is 0.415. The standard InChI is InChI=1S/C14H17N3O/c1-3-15-14-10-12(7-8-16-14)17-11-5-4-6-13(9-11)18-2/h4-10H,3H2,1-2H3,(H2,15,16,17). The second-order valence-corrected chi connectivity index (χ2v) is 3.82. The monoisotopic (exact) mass is 243 g/mol. The molecule has 0 aliphatic rings. The van der Waals surface area contributed by atoms with Crippen molar-refractivity contribution in [2.24, 2.45) is 0 Å².